The SMILES string of the molecule is CCCN1CCC(C)(c2cccc(-c3cn[nH]n3)c2)C(C)(NC(=O)CC)C1. The molecule has 0 aliphatic carbocycles. The molecule has 1 aromatic carbocycles. The molecule has 0 bridgehead atoms. The van der Waals surface area contributed by atoms with Crippen molar-refractivity contribution in [2.75, 3.05) is 19.6 Å². The van der Waals surface area contributed by atoms with Crippen LogP contribution in [0.5, 0.6) is 0 Å². The number of aromatic amines is 1. The standard InChI is InChI=1S/C21H31N5O/c1-5-11-26-12-10-20(3,21(4,15-26)23-19(27)6-2)17-9-7-8-16(13-17)18-14-22-25-24-18/h7-9,13-14H,5-6,10-12,15H2,1-4H3,(H,23,27)(H,22,24,25). The molecular weight excluding hydrogens is 338 g/mol. The Hall–Kier alpha value is -2.21. The Balaban J connectivity index is 1.99. The predicted molar refractivity (Wildman–Crippen MR) is 107 cm³/mol. The van der Waals surface area contributed by atoms with Gasteiger partial charge in [0.2, 0.25) is 5.91 Å². The minimum Gasteiger partial charge on any atom is -0.349 e. The molecule has 27 heavy (non-hydrogen) atoms. The largest absolute Gasteiger partial charge is 0.349 e. The van der Waals surface area contributed by atoms with E-state index in [-0.39, 0.29) is 16.9 Å². The molecule has 6 nitrogen and oxygen atoms in total. The van der Waals surface area contributed by atoms with E-state index >= 15 is 0 Å². The van der Waals surface area contributed by atoms with Crippen LogP contribution < -0.4 is 5.32 Å². The Labute approximate surface area is 161 Å². The van der Waals surface area contributed by atoms with Crippen LogP contribution in [0.2, 0.25) is 0 Å². The molecule has 1 saturated heterocycles. The van der Waals surface area contributed by atoms with E-state index in [0.29, 0.717) is 6.42 Å². The van der Waals surface area contributed by atoms with Gasteiger partial charge in [0.15, 0.2) is 0 Å². The number of rotatable bonds is 6. The third kappa shape index (κ3) is 3.76. The van der Waals surface area contributed by atoms with Gasteiger partial charge in [0.25, 0.3) is 0 Å². The summed E-state index contributed by atoms with van der Waals surface area (Å²) in [5.74, 6) is 0.106. The average molecular weight is 370 g/mol. The molecule has 1 amide bonds. The summed E-state index contributed by atoms with van der Waals surface area (Å²) in [6, 6.07) is 8.50. The maximum Gasteiger partial charge on any atom is 0.220 e. The van der Waals surface area contributed by atoms with Gasteiger partial charge in [0, 0.05) is 23.9 Å². The van der Waals surface area contributed by atoms with E-state index in [1.165, 1.54) is 5.56 Å². The van der Waals surface area contributed by atoms with Gasteiger partial charge in [0.05, 0.1) is 11.7 Å². The van der Waals surface area contributed by atoms with Crippen molar-refractivity contribution < 1.29 is 4.79 Å². The molecule has 2 heterocycles. The third-order valence-electron chi connectivity index (χ3n) is 6.17. The van der Waals surface area contributed by atoms with Gasteiger partial charge in [-0.1, -0.05) is 39.0 Å². The van der Waals surface area contributed by atoms with Gasteiger partial charge in [0.1, 0.15) is 5.69 Å². The van der Waals surface area contributed by atoms with E-state index in [2.05, 4.69) is 70.7 Å². The van der Waals surface area contributed by atoms with Crippen LogP contribution in [0, 0.1) is 0 Å². The lowest BCUT2D eigenvalue weighted by molar-refractivity contribution is -0.124. The first-order chi connectivity index (χ1) is 12.9. The summed E-state index contributed by atoms with van der Waals surface area (Å²) in [5.41, 5.74) is 2.61. The van der Waals surface area contributed by atoms with Crippen LogP contribution in [0.25, 0.3) is 11.3 Å². The zero-order valence-corrected chi connectivity index (χ0v) is 16.9. The second-order valence-electron chi connectivity index (χ2n) is 8.03. The fourth-order valence-electron chi connectivity index (χ4n) is 4.26. The van der Waals surface area contributed by atoms with Gasteiger partial charge in [-0.25, -0.2) is 0 Å². The molecule has 3 rings (SSSR count). The van der Waals surface area contributed by atoms with Crippen LogP contribution in [-0.2, 0) is 10.2 Å². The smallest absolute Gasteiger partial charge is 0.220 e. The fourth-order valence-corrected chi connectivity index (χ4v) is 4.26. The number of H-pyrrole nitrogens is 1. The zero-order valence-electron chi connectivity index (χ0n) is 16.9. The molecule has 2 unspecified atom stereocenters. The lowest BCUT2D eigenvalue weighted by Gasteiger charge is -2.54. The first-order valence-electron chi connectivity index (χ1n) is 9.92. The monoisotopic (exact) mass is 369 g/mol. The number of aromatic nitrogens is 3. The van der Waals surface area contributed by atoms with Gasteiger partial charge >= 0.3 is 0 Å². The van der Waals surface area contributed by atoms with E-state index < -0.39 is 0 Å². The maximum atomic E-state index is 12.4. The van der Waals surface area contributed by atoms with Crippen LogP contribution in [0.1, 0.15) is 52.5 Å². The molecule has 0 radical (unpaired) electrons. The number of amides is 1. The zero-order chi connectivity index (χ0) is 19.5. The quantitative estimate of drug-likeness (QED) is 0.820. The molecule has 1 fully saturated rings. The number of benzene rings is 1. The summed E-state index contributed by atoms with van der Waals surface area (Å²) in [6.07, 6.45) is 4.35. The van der Waals surface area contributed by atoms with E-state index in [9.17, 15) is 4.79 Å². The molecular formula is C21H31N5O. The Morgan fingerprint density at radius 2 is 2.15 bits per heavy atom. The van der Waals surface area contributed by atoms with Crippen molar-refractivity contribution in [3.63, 3.8) is 0 Å². The van der Waals surface area contributed by atoms with Crippen molar-refractivity contribution in [2.45, 2.75) is 57.9 Å². The van der Waals surface area contributed by atoms with Crippen LogP contribution in [0.3, 0.4) is 0 Å². The van der Waals surface area contributed by atoms with E-state index in [1.807, 2.05) is 6.92 Å². The van der Waals surface area contributed by atoms with Crippen molar-refractivity contribution in [3.8, 4) is 11.3 Å². The highest BCUT2D eigenvalue weighted by atomic mass is 16.1. The van der Waals surface area contributed by atoms with Crippen molar-refractivity contribution in [1.82, 2.24) is 25.6 Å². The maximum absolute atomic E-state index is 12.4. The van der Waals surface area contributed by atoms with Gasteiger partial charge in [-0.2, -0.15) is 15.4 Å². The highest BCUT2D eigenvalue weighted by molar-refractivity contribution is 5.77. The number of nitrogens with zero attached hydrogens (tertiary/aromatic N) is 3. The molecule has 1 aliphatic rings. The lowest BCUT2D eigenvalue weighted by atomic mass is 9.62. The number of likely N-dealkylation sites (tertiary alicyclic amines) is 1. The van der Waals surface area contributed by atoms with Crippen LogP contribution in [-0.4, -0.2) is 51.4 Å². The van der Waals surface area contributed by atoms with Crippen molar-refractivity contribution in [2.24, 2.45) is 0 Å². The Bertz CT molecular complexity index is 775. The number of nitrogens with one attached hydrogen (secondary N) is 2. The molecule has 1 aromatic heterocycles. The molecule has 0 saturated carbocycles. The van der Waals surface area contributed by atoms with Crippen LogP contribution in [0.4, 0.5) is 0 Å². The molecule has 146 valence electrons. The summed E-state index contributed by atoms with van der Waals surface area (Å²) < 4.78 is 0. The molecule has 2 N–H and O–H groups in total. The van der Waals surface area contributed by atoms with E-state index in [4.69, 9.17) is 0 Å². The first kappa shape index (κ1) is 19.5. The Morgan fingerprint density at radius 1 is 1.33 bits per heavy atom. The van der Waals surface area contributed by atoms with Crippen molar-refractivity contribution in [1.29, 1.82) is 0 Å². The number of carbonyl (C=O) groups is 1. The highest BCUT2D eigenvalue weighted by Crippen LogP contribution is 2.43. The first-order valence-corrected chi connectivity index (χ1v) is 9.92. The predicted octanol–water partition coefficient (Wildman–Crippen LogP) is 3.13. The number of piperidine rings is 1. The number of carbonyl (C=O) groups excluding carboxylic acids is 1. The number of hydrogen-bond donors (Lipinski definition) is 2. The summed E-state index contributed by atoms with van der Waals surface area (Å²) in [7, 11) is 0. The second kappa shape index (κ2) is 7.80. The van der Waals surface area contributed by atoms with Gasteiger partial charge in [-0.3, -0.25) is 4.79 Å². The van der Waals surface area contributed by atoms with Crippen molar-refractivity contribution in [3.05, 3.63) is 36.0 Å². The van der Waals surface area contributed by atoms with E-state index in [1.54, 1.807) is 6.20 Å². The topological polar surface area (TPSA) is 73.9 Å². The molecule has 6 heteroatoms. The molecule has 0 spiro atoms. The van der Waals surface area contributed by atoms with Crippen molar-refractivity contribution >= 4 is 5.91 Å². The van der Waals surface area contributed by atoms with Crippen LogP contribution >= 0.6 is 0 Å². The fraction of sp³-hybridized carbons (Fsp3) is 0.571. The number of hydrogen-bond acceptors (Lipinski definition) is 4. The molecule has 2 aromatic rings. The Morgan fingerprint density at radius 3 is 2.81 bits per heavy atom. The normalized spacial score (nSPS) is 26.1. The van der Waals surface area contributed by atoms with Gasteiger partial charge < -0.3 is 10.2 Å². The summed E-state index contributed by atoms with van der Waals surface area (Å²) in [6.45, 7) is 11.6. The third-order valence-corrected chi connectivity index (χ3v) is 6.17. The minimum atomic E-state index is -0.337. The van der Waals surface area contributed by atoms with Gasteiger partial charge in [-0.05, 0) is 44.5 Å². The second-order valence-corrected chi connectivity index (χ2v) is 8.03. The molecule has 2 atom stereocenters. The van der Waals surface area contributed by atoms with Gasteiger partial charge in [-0.15, -0.1) is 0 Å². The summed E-state index contributed by atoms with van der Waals surface area (Å²) >= 11 is 0. The minimum absolute atomic E-state index is 0.106. The van der Waals surface area contributed by atoms with E-state index in [0.717, 1.165) is 43.7 Å². The Kier molecular flexibility index (Phi) is 5.65. The highest BCUT2D eigenvalue weighted by Gasteiger charge is 2.50. The summed E-state index contributed by atoms with van der Waals surface area (Å²) in [5, 5.41) is 14.2. The summed E-state index contributed by atoms with van der Waals surface area (Å²) in [4.78, 5) is 14.8. The average Bonchev–Trinajstić information content (AvgIpc) is 3.20. The molecule has 1 aliphatic heterocycles. The lowest BCUT2D eigenvalue weighted by Crippen LogP contribution is -2.68. The van der Waals surface area contributed by atoms with Crippen LogP contribution in [0.15, 0.2) is 30.5 Å².